The van der Waals surface area contributed by atoms with E-state index in [1.54, 1.807) is 11.3 Å². The van der Waals surface area contributed by atoms with Crippen LogP contribution in [0.15, 0.2) is 23.6 Å². The van der Waals surface area contributed by atoms with Gasteiger partial charge < -0.3 is 5.73 Å². The summed E-state index contributed by atoms with van der Waals surface area (Å²) in [6.07, 6.45) is 0. The average molecular weight is 260 g/mol. The van der Waals surface area contributed by atoms with Crippen molar-refractivity contribution in [1.29, 1.82) is 0 Å². The highest BCUT2D eigenvalue weighted by Crippen LogP contribution is 2.29. The van der Waals surface area contributed by atoms with Gasteiger partial charge in [-0.3, -0.25) is 0 Å². The molecule has 0 saturated carbocycles. The van der Waals surface area contributed by atoms with Crippen molar-refractivity contribution in [1.82, 2.24) is 4.98 Å². The standard InChI is InChI=1S/C15H20N2S/c1-9(2)14(16)15-17-13(8-18-15)12-7-10(3)5-6-11(12)4/h5-9,14H,16H2,1-4H3. The zero-order valence-electron chi connectivity index (χ0n) is 11.4. The normalized spacial score (nSPS) is 13.0. The summed E-state index contributed by atoms with van der Waals surface area (Å²) in [5, 5.41) is 3.14. The summed E-state index contributed by atoms with van der Waals surface area (Å²) in [4.78, 5) is 4.70. The average Bonchev–Trinajstić information content (AvgIpc) is 2.80. The number of benzene rings is 1. The highest BCUT2D eigenvalue weighted by Gasteiger charge is 2.15. The first-order valence-corrected chi connectivity index (χ1v) is 7.15. The molecule has 1 atom stereocenters. The zero-order valence-corrected chi connectivity index (χ0v) is 12.2. The van der Waals surface area contributed by atoms with Gasteiger partial charge in [0.1, 0.15) is 5.01 Å². The third kappa shape index (κ3) is 2.62. The van der Waals surface area contributed by atoms with E-state index in [2.05, 4.69) is 51.3 Å². The minimum absolute atomic E-state index is 0.0360. The van der Waals surface area contributed by atoms with Gasteiger partial charge in [-0.2, -0.15) is 0 Å². The maximum absolute atomic E-state index is 6.15. The SMILES string of the molecule is Cc1ccc(C)c(-c2csc(C(N)C(C)C)n2)c1. The van der Waals surface area contributed by atoms with Gasteiger partial charge >= 0.3 is 0 Å². The molecular formula is C15H20N2S. The number of aromatic nitrogens is 1. The van der Waals surface area contributed by atoms with Crippen molar-refractivity contribution in [2.75, 3.05) is 0 Å². The van der Waals surface area contributed by atoms with Gasteiger partial charge in [-0.1, -0.05) is 31.5 Å². The van der Waals surface area contributed by atoms with Crippen LogP contribution in [-0.2, 0) is 0 Å². The molecule has 1 aromatic carbocycles. The van der Waals surface area contributed by atoms with Gasteiger partial charge in [-0.15, -0.1) is 11.3 Å². The van der Waals surface area contributed by atoms with Gasteiger partial charge in [-0.25, -0.2) is 4.98 Å². The third-order valence-corrected chi connectivity index (χ3v) is 4.14. The van der Waals surface area contributed by atoms with Crippen molar-refractivity contribution in [3.05, 3.63) is 39.7 Å². The first kappa shape index (κ1) is 13.2. The summed E-state index contributed by atoms with van der Waals surface area (Å²) in [6.45, 7) is 8.49. The summed E-state index contributed by atoms with van der Waals surface area (Å²) < 4.78 is 0. The van der Waals surface area contributed by atoms with Crippen molar-refractivity contribution in [2.45, 2.75) is 33.7 Å². The molecule has 1 aromatic heterocycles. The van der Waals surface area contributed by atoms with E-state index in [4.69, 9.17) is 10.7 Å². The van der Waals surface area contributed by atoms with Crippen molar-refractivity contribution >= 4 is 11.3 Å². The Morgan fingerprint density at radius 1 is 1.22 bits per heavy atom. The molecule has 0 amide bonds. The van der Waals surface area contributed by atoms with E-state index >= 15 is 0 Å². The van der Waals surface area contributed by atoms with Crippen LogP contribution < -0.4 is 5.73 Å². The Balaban J connectivity index is 2.38. The topological polar surface area (TPSA) is 38.9 Å². The summed E-state index contributed by atoms with van der Waals surface area (Å²) in [7, 11) is 0. The summed E-state index contributed by atoms with van der Waals surface area (Å²) in [5.41, 5.74) is 10.9. The number of thiazole rings is 1. The summed E-state index contributed by atoms with van der Waals surface area (Å²) in [5.74, 6) is 0.419. The first-order chi connectivity index (χ1) is 8.49. The third-order valence-electron chi connectivity index (χ3n) is 3.19. The second kappa shape index (κ2) is 5.21. The largest absolute Gasteiger partial charge is 0.322 e. The second-order valence-corrected chi connectivity index (χ2v) is 6.05. The van der Waals surface area contributed by atoms with Gasteiger partial charge in [0, 0.05) is 10.9 Å². The smallest absolute Gasteiger partial charge is 0.110 e. The van der Waals surface area contributed by atoms with Crippen LogP contribution >= 0.6 is 11.3 Å². The lowest BCUT2D eigenvalue weighted by molar-refractivity contribution is 0.512. The molecule has 0 spiro atoms. The highest BCUT2D eigenvalue weighted by molar-refractivity contribution is 7.10. The number of aryl methyl sites for hydroxylation is 2. The minimum atomic E-state index is 0.0360. The number of hydrogen-bond donors (Lipinski definition) is 1. The Morgan fingerprint density at radius 2 is 1.94 bits per heavy atom. The van der Waals surface area contributed by atoms with Crippen molar-refractivity contribution < 1.29 is 0 Å². The highest BCUT2D eigenvalue weighted by atomic mass is 32.1. The quantitative estimate of drug-likeness (QED) is 0.903. The lowest BCUT2D eigenvalue weighted by Gasteiger charge is -2.11. The van der Waals surface area contributed by atoms with Crippen LogP contribution in [0.2, 0.25) is 0 Å². The van der Waals surface area contributed by atoms with Crippen molar-refractivity contribution in [3.63, 3.8) is 0 Å². The van der Waals surface area contributed by atoms with E-state index in [1.807, 2.05) is 0 Å². The molecular weight excluding hydrogens is 240 g/mol. The lowest BCUT2D eigenvalue weighted by atomic mass is 10.0. The van der Waals surface area contributed by atoms with Crippen LogP contribution in [0.3, 0.4) is 0 Å². The maximum atomic E-state index is 6.15. The Bertz CT molecular complexity index is 543. The molecule has 2 rings (SSSR count). The zero-order chi connectivity index (χ0) is 13.3. The molecule has 2 aromatic rings. The van der Waals surface area contributed by atoms with Gasteiger partial charge in [0.25, 0.3) is 0 Å². The van der Waals surface area contributed by atoms with Gasteiger partial charge in [0.2, 0.25) is 0 Å². The fourth-order valence-corrected chi connectivity index (χ4v) is 2.85. The van der Waals surface area contributed by atoms with E-state index in [9.17, 15) is 0 Å². The minimum Gasteiger partial charge on any atom is -0.322 e. The van der Waals surface area contributed by atoms with Crippen LogP contribution in [0.4, 0.5) is 0 Å². The number of hydrogen-bond acceptors (Lipinski definition) is 3. The van der Waals surface area contributed by atoms with E-state index < -0.39 is 0 Å². The van der Waals surface area contributed by atoms with Crippen LogP contribution in [0, 0.1) is 19.8 Å². The molecule has 0 saturated heterocycles. The van der Waals surface area contributed by atoms with Gasteiger partial charge in [-0.05, 0) is 31.4 Å². The van der Waals surface area contributed by atoms with Crippen LogP contribution in [0.5, 0.6) is 0 Å². The van der Waals surface area contributed by atoms with Crippen LogP contribution in [0.25, 0.3) is 11.3 Å². The van der Waals surface area contributed by atoms with E-state index in [-0.39, 0.29) is 6.04 Å². The molecule has 3 heteroatoms. The Kier molecular flexibility index (Phi) is 3.83. The fraction of sp³-hybridized carbons (Fsp3) is 0.400. The molecule has 0 bridgehead atoms. The maximum Gasteiger partial charge on any atom is 0.110 e. The van der Waals surface area contributed by atoms with Crippen LogP contribution in [0.1, 0.15) is 36.0 Å². The number of rotatable bonds is 3. The second-order valence-electron chi connectivity index (χ2n) is 5.16. The van der Waals surface area contributed by atoms with Gasteiger partial charge in [0.15, 0.2) is 0 Å². The number of nitrogens with two attached hydrogens (primary N) is 1. The summed E-state index contributed by atoms with van der Waals surface area (Å²) >= 11 is 1.66. The van der Waals surface area contributed by atoms with Crippen molar-refractivity contribution in [2.24, 2.45) is 11.7 Å². The Morgan fingerprint density at radius 3 is 2.61 bits per heavy atom. The van der Waals surface area contributed by atoms with E-state index in [0.29, 0.717) is 5.92 Å². The Hall–Kier alpha value is -1.19. The monoisotopic (exact) mass is 260 g/mol. The molecule has 96 valence electrons. The predicted octanol–water partition coefficient (Wildman–Crippen LogP) is 4.08. The lowest BCUT2D eigenvalue weighted by Crippen LogP contribution is -2.16. The molecule has 2 nitrogen and oxygen atoms in total. The van der Waals surface area contributed by atoms with Crippen LogP contribution in [-0.4, -0.2) is 4.98 Å². The molecule has 0 aliphatic carbocycles. The number of nitrogens with zero attached hydrogens (tertiary/aromatic N) is 1. The molecule has 0 aliphatic heterocycles. The predicted molar refractivity (Wildman–Crippen MR) is 78.8 cm³/mol. The molecule has 18 heavy (non-hydrogen) atoms. The molecule has 1 heterocycles. The molecule has 0 fully saturated rings. The molecule has 1 unspecified atom stereocenters. The summed E-state index contributed by atoms with van der Waals surface area (Å²) in [6, 6.07) is 6.50. The fourth-order valence-electron chi connectivity index (χ4n) is 1.86. The molecule has 0 radical (unpaired) electrons. The van der Waals surface area contributed by atoms with Gasteiger partial charge in [0.05, 0.1) is 11.7 Å². The van der Waals surface area contributed by atoms with Crippen molar-refractivity contribution in [3.8, 4) is 11.3 Å². The first-order valence-electron chi connectivity index (χ1n) is 6.27. The van der Waals surface area contributed by atoms with E-state index in [0.717, 1.165) is 10.7 Å². The molecule has 0 aliphatic rings. The van der Waals surface area contributed by atoms with E-state index in [1.165, 1.54) is 16.7 Å². The molecule has 2 N–H and O–H groups in total. The Labute approximate surface area is 113 Å².